The number of benzene rings is 2. The number of hydrogen-bond donors (Lipinski definition) is 2. The van der Waals surface area contributed by atoms with Crippen molar-refractivity contribution in [1.82, 2.24) is 9.62 Å². The van der Waals surface area contributed by atoms with Gasteiger partial charge in [-0.2, -0.15) is 4.31 Å². The third-order valence-corrected chi connectivity index (χ3v) is 12.4. The second-order valence-corrected chi connectivity index (χ2v) is 17.9. The Kier molecular flexibility index (Phi) is 16.3. The summed E-state index contributed by atoms with van der Waals surface area (Å²) in [7, 11) is -6.50. The normalized spacial score (nSPS) is 21.1. The molecule has 2 saturated heterocycles. The van der Waals surface area contributed by atoms with Crippen LogP contribution in [0.5, 0.6) is 11.5 Å². The van der Waals surface area contributed by atoms with Crippen molar-refractivity contribution in [2.24, 2.45) is 11.8 Å². The van der Waals surface area contributed by atoms with Crippen molar-refractivity contribution in [3.63, 3.8) is 0 Å². The van der Waals surface area contributed by atoms with Gasteiger partial charge in [-0.1, -0.05) is 26.0 Å². The molecule has 2 aliphatic rings. The monoisotopic (exact) mass is 814 g/mol. The largest absolute Gasteiger partial charge is 0.497 e. The average Bonchev–Trinajstić information content (AvgIpc) is 3.75. The van der Waals surface area contributed by atoms with Gasteiger partial charge in [0.15, 0.2) is 18.7 Å². The first-order valence-corrected chi connectivity index (χ1v) is 21.6. The fourth-order valence-corrected chi connectivity index (χ4v) is 9.45. The van der Waals surface area contributed by atoms with Gasteiger partial charge >= 0.3 is 19.7 Å². The molecule has 0 radical (unpaired) electrons. The van der Waals surface area contributed by atoms with Crippen LogP contribution in [-0.4, -0.2) is 113 Å². The van der Waals surface area contributed by atoms with E-state index in [1.54, 1.807) is 57.2 Å². The molecular weight excluding hydrogens is 759 g/mol. The molecule has 2 aromatic rings. The summed E-state index contributed by atoms with van der Waals surface area (Å²) in [6.07, 6.45) is -4.56. The Labute approximate surface area is 323 Å². The van der Waals surface area contributed by atoms with Crippen LogP contribution in [0.25, 0.3) is 0 Å². The Morgan fingerprint density at radius 1 is 0.982 bits per heavy atom. The highest BCUT2D eigenvalue weighted by Gasteiger charge is 2.44. The summed E-state index contributed by atoms with van der Waals surface area (Å²) in [4.78, 5) is 25.5. The summed E-state index contributed by atoms with van der Waals surface area (Å²) < 4.78 is 86.2. The Bertz CT molecular complexity index is 1690. The fourth-order valence-electron chi connectivity index (χ4n) is 6.14. The van der Waals surface area contributed by atoms with E-state index < -0.39 is 72.8 Å². The number of sulfonamides is 1. The van der Waals surface area contributed by atoms with E-state index in [2.05, 4.69) is 5.32 Å². The van der Waals surface area contributed by atoms with Crippen molar-refractivity contribution in [1.29, 1.82) is 0 Å². The maximum absolute atomic E-state index is 13.9. The van der Waals surface area contributed by atoms with Gasteiger partial charge in [-0.3, -0.25) is 9.09 Å². The van der Waals surface area contributed by atoms with Crippen LogP contribution in [0, 0.1) is 11.8 Å². The first kappa shape index (κ1) is 44.4. The molecule has 2 aromatic carbocycles. The second-order valence-electron chi connectivity index (χ2n) is 14.1. The van der Waals surface area contributed by atoms with E-state index in [1.807, 2.05) is 13.8 Å². The number of carbonyl (C=O) groups is 2. The number of amides is 1. The number of alkyl carbamates (subject to hydrolysis) is 1. The van der Waals surface area contributed by atoms with Gasteiger partial charge in [0.25, 0.3) is 0 Å². The average molecular weight is 815 g/mol. The van der Waals surface area contributed by atoms with E-state index in [9.17, 15) is 27.7 Å². The minimum Gasteiger partial charge on any atom is -0.497 e. The number of aliphatic hydroxyl groups excluding tert-OH is 1. The van der Waals surface area contributed by atoms with Gasteiger partial charge < -0.3 is 43.4 Å². The smallest absolute Gasteiger partial charge is 0.407 e. The molecule has 7 atom stereocenters. The molecule has 0 spiro atoms. The number of fused-ring (bicyclic) bond motifs is 1. The van der Waals surface area contributed by atoms with E-state index in [0.717, 1.165) is 0 Å². The van der Waals surface area contributed by atoms with Crippen LogP contribution in [0.2, 0.25) is 0 Å². The van der Waals surface area contributed by atoms with Crippen molar-refractivity contribution in [3.05, 3.63) is 54.1 Å². The number of rotatable bonds is 21. The van der Waals surface area contributed by atoms with Gasteiger partial charge in [0.2, 0.25) is 10.0 Å². The molecule has 2 fully saturated rings. The number of aliphatic hydroxyl groups is 1. The maximum Gasteiger partial charge on any atom is 0.407 e. The number of esters is 1. The topological polar surface area (TPSA) is 195 Å². The zero-order chi connectivity index (χ0) is 40.3. The number of ether oxygens (including phenoxy) is 6. The molecule has 0 saturated carbocycles. The molecule has 0 aliphatic carbocycles. The van der Waals surface area contributed by atoms with Crippen LogP contribution < -0.4 is 14.8 Å². The van der Waals surface area contributed by atoms with Crippen molar-refractivity contribution in [3.8, 4) is 11.5 Å². The first-order valence-electron chi connectivity index (χ1n) is 18.4. The Balaban J connectivity index is 1.51. The lowest BCUT2D eigenvalue weighted by atomic mass is 10.0. The van der Waals surface area contributed by atoms with Crippen LogP contribution in [0.3, 0.4) is 0 Å². The third kappa shape index (κ3) is 12.9. The standard InChI is InChI=1S/C37H55N2O14PS/c1-8-47-35(41)26(6)53-54(43,52-25(4)5)23-50-29-11-9-27(10-12-29)19-32(38-37(42)51-34-22-49-36-31(34)17-18-48-36)33(40)21-39(20-24(2)3)55(44,45)30-15-13-28(46-7)14-16-30/h9-16,24-26,31-34,36,40H,8,17-23H2,1-7H3,(H,38,42)/t26-,31-,32-,33+,34-,36+,54?/m0/s1. The van der Waals surface area contributed by atoms with E-state index in [1.165, 1.54) is 30.5 Å². The van der Waals surface area contributed by atoms with Crippen molar-refractivity contribution >= 4 is 29.7 Å². The van der Waals surface area contributed by atoms with Crippen LogP contribution in [0.15, 0.2) is 53.4 Å². The molecule has 1 amide bonds. The highest BCUT2D eigenvalue weighted by Crippen LogP contribution is 2.50. The molecule has 2 heterocycles. The molecule has 1 unspecified atom stereocenters. The van der Waals surface area contributed by atoms with Gasteiger partial charge in [-0.15, -0.1) is 0 Å². The second kappa shape index (κ2) is 20.2. The quantitative estimate of drug-likeness (QED) is 0.130. The van der Waals surface area contributed by atoms with Crippen LogP contribution in [0.1, 0.15) is 53.5 Å². The molecule has 4 rings (SSSR count). The van der Waals surface area contributed by atoms with E-state index in [0.29, 0.717) is 30.1 Å². The van der Waals surface area contributed by atoms with Crippen LogP contribution >= 0.6 is 7.60 Å². The summed E-state index contributed by atoms with van der Waals surface area (Å²) in [5, 5.41) is 14.5. The summed E-state index contributed by atoms with van der Waals surface area (Å²) in [6.45, 7) is 10.7. The number of methoxy groups -OCH3 is 1. The number of nitrogens with zero attached hydrogens (tertiary/aromatic N) is 1. The Hall–Kier alpha value is -3.28. The lowest BCUT2D eigenvalue weighted by Gasteiger charge is -2.31. The number of carbonyl (C=O) groups excluding carboxylic acids is 2. The fraction of sp³-hybridized carbons (Fsp3) is 0.622. The minimum atomic E-state index is -4.07. The van der Waals surface area contributed by atoms with Gasteiger partial charge in [0.05, 0.1) is 56.0 Å². The molecule has 308 valence electrons. The zero-order valence-corrected chi connectivity index (χ0v) is 34.2. The van der Waals surface area contributed by atoms with E-state index >= 15 is 0 Å². The highest BCUT2D eigenvalue weighted by molar-refractivity contribution is 7.89. The van der Waals surface area contributed by atoms with Gasteiger partial charge in [0, 0.05) is 13.1 Å². The third-order valence-electron chi connectivity index (χ3n) is 8.74. The van der Waals surface area contributed by atoms with Gasteiger partial charge in [0.1, 0.15) is 17.6 Å². The van der Waals surface area contributed by atoms with Crippen molar-refractivity contribution in [2.75, 3.05) is 46.4 Å². The Morgan fingerprint density at radius 3 is 2.27 bits per heavy atom. The number of hydrogen-bond acceptors (Lipinski definition) is 14. The summed E-state index contributed by atoms with van der Waals surface area (Å²) in [5.74, 6) is -0.0957. The maximum atomic E-state index is 13.9. The molecule has 16 nitrogen and oxygen atoms in total. The van der Waals surface area contributed by atoms with Gasteiger partial charge in [-0.25, -0.2) is 18.0 Å². The number of nitrogens with one attached hydrogen (secondary N) is 1. The van der Waals surface area contributed by atoms with Crippen molar-refractivity contribution < 1.29 is 65.1 Å². The summed E-state index contributed by atoms with van der Waals surface area (Å²) >= 11 is 0. The molecule has 0 bridgehead atoms. The molecule has 55 heavy (non-hydrogen) atoms. The molecule has 18 heteroatoms. The van der Waals surface area contributed by atoms with E-state index in [4.69, 9.17) is 37.5 Å². The van der Waals surface area contributed by atoms with Crippen LogP contribution in [-0.2, 0) is 53.8 Å². The zero-order valence-electron chi connectivity index (χ0n) is 32.5. The SMILES string of the molecule is CCOC(=O)[C@H](C)OP(=O)(COc1ccc(C[C@H](NC(=O)O[C@H]2CO[C@H]3OCC[C@H]32)[C@H](O)CN(CC(C)C)S(=O)(=O)c2ccc(OC)cc2)cc1)OC(C)C. The van der Waals surface area contributed by atoms with Crippen LogP contribution in [0.4, 0.5) is 4.79 Å². The first-order chi connectivity index (χ1) is 26.0. The van der Waals surface area contributed by atoms with Gasteiger partial charge in [-0.05, 0) is 88.4 Å². The highest BCUT2D eigenvalue weighted by atomic mass is 32.2. The minimum absolute atomic E-state index is 0.0271. The lowest BCUT2D eigenvalue weighted by Crippen LogP contribution is -2.51. The Morgan fingerprint density at radius 2 is 1.65 bits per heavy atom. The summed E-state index contributed by atoms with van der Waals surface area (Å²) in [6, 6.07) is 11.5. The van der Waals surface area contributed by atoms with Crippen molar-refractivity contribution in [2.45, 2.75) is 96.0 Å². The molecule has 0 aromatic heterocycles. The molecule has 2 N–H and O–H groups in total. The summed E-state index contributed by atoms with van der Waals surface area (Å²) in [5.41, 5.74) is 0.646. The molecule has 2 aliphatic heterocycles. The molecular formula is C37H55N2O14PS. The lowest BCUT2D eigenvalue weighted by molar-refractivity contribution is -0.151. The predicted molar refractivity (Wildman–Crippen MR) is 200 cm³/mol. The predicted octanol–water partition coefficient (Wildman–Crippen LogP) is 4.72. The van der Waals surface area contributed by atoms with E-state index in [-0.39, 0.29) is 49.5 Å².